The lowest BCUT2D eigenvalue weighted by Gasteiger charge is -2.47. The minimum Gasteiger partial charge on any atom is -0.453 e. The minimum absolute atomic E-state index is 0.0667. The standard InChI is InChI=1S/C21H28F3NO5SSi/c1-29-20(26)25-13-12-18(30-31(27,28)21(22,23)24)19-15(8-7-11-17(19)25)14-32(2,3)16-9-5-4-6-10-16/h4-6,9-10,12,15,17,19H,7-8,11,13-14H2,1-3H3/t15-,17+,19-/m0/s1. The van der Waals surface area contributed by atoms with Crippen molar-refractivity contribution in [3.8, 4) is 0 Å². The molecule has 0 unspecified atom stereocenters. The summed E-state index contributed by atoms with van der Waals surface area (Å²) in [5.41, 5.74) is -5.52. The van der Waals surface area contributed by atoms with Gasteiger partial charge in [0.1, 0.15) is 5.76 Å². The molecule has 3 atom stereocenters. The average Bonchev–Trinajstić information content (AvgIpc) is 2.73. The number of halogens is 3. The molecule has 1 aromatic carbocycles. The summed E-state index contributed by atoms with van der Waals surface area (Å²) in [5.74, 6) is -0.989. The molecular weight excluding hydrogens is 463 g/mol. The van der Waals surface area contributed by atoms with Crippen LogP contribution in [0.3, 0.4) is 0 Å². The molecule has 1 aliphatic carbocycles. The van der Waals surface area contributed by atoms with Gasteiger partial charge >= 0.3 is 21.7 Å². The molecule has 3 rings (SSSR count). The van der Waals surface area contributed by atoms with Gasteiger partial charge in [0.2, 0.25) is 0 Å². The number of rotatable bonds is 5. The highest BCUT2D eigenvalue weighted by molar-refractivity contribution is 7.87. The number of hydrogen-bond acceptors (Lipinski definition) is 5. The number of methoxy groups -OCH3 is 1. The highest BCUT2D eigenvalue weighted by atomic mass is 32.2. The Labute approximate surface area is 187 Å². The third-order valence-corrected chi connectivity index (χ3v) is 10.9. The number of alkyl halides is 3. The molecule has 0 radical (unpaired) electrons. The van der Waals surface area contributed by atoms with Crippen LogP contribution in [0, 0.1) is 11.8 Å². The van der Waals surface area contributed by atoms with Crippen molar-refractivity contribution in [1.29, 1.82) is 0 Å². The van der Waals surface area contributed by atoms with E-state index in [4.69, 9.17) is 4.74 Å². The van der Waals surface area contributed by atoms with Crippen LogP contribution in [0.2, 0.25) is 19.1 Å². The molecular formula is C21H28F3NO5SSi. The van der Waals surface area contributed by atoms with E-state index in [1.54, 1.807) is 0 Å². The van der Waals surface area contributed by atoms with Crippen molar-refractivity contribution < 1.29 is 35.3 Å². The number of carbonyl (C=O) groups is 1. The quantitative estimate of drug-likeness (QED) is 0.350. The second-order valence-corrected chi connectivity index (χ2v) is 15.2. The summed E-state index contributed by atoms with van der Waals surface area (Å²) in [6.45, 7) is 4.30. The first-order valence-electron chi connectivity index (χ1n) is 10.5. The van der Waals surface area contributed by atoms with E-state index >= 15 is 0 Å². The first kappa shape index (κ1) is 24.6. The van der Waals surface area contributed by atoms with E-state index < -0.39 is 41.8 Å². The molecule has 1 amide bonds. The first-order valence-corrected chi connectivity index (χ1v) is 15.1. The molecule has 0 aromatic heterocycles. The number of nitrogens with zero attached hydrogens (tertiary/aromatic N) is 1. The van der Waals surface area contributed by atoms with Crippen molar-refractivity contribution in [3.63, 3.8) is 0 Å². The van der Waals surface area contributed by atoms with Crippen molar-refractivity contribution in [2.75, 3.05) is 13.7 Å². The summed E-state index contributed by atoms with van der Waals surface area (Å²) in [4.78, 5) is 13.8. The van der Waals surface area contributed by atoms with E-state index in [1.807, 2.05) is 18.2 Å². The zero-order valence-corrected chi connectivity index (χ0v) is 20.1. The molecule has 1 fully saturated rings. The summed E-state index contributed by atoms with van der Waals surface area (Å²) in [6, 6.07) is 10.2. The van der Waals surface area contributed by atoms with E-state index in [0.29, 0.717) is 12.8 Å². The largest absolute Gasteiger partial charge is 0.534 e. The highest BCUT2D eigenvalue weighted by Crippen LogP contribution is 2.45. The molecule has 32 heavy (non-hydrogen) atoms. The summed E-state index contributed by atoms with van der Waals surface area (Å²) >= 11 is 0. The molecule has 2 aliphatic rings. The SMILES string of the molecule is COC(=O)N1CC=C(OS(=O)(=O)C(F)(F)F)[C@H]2[C@H](C[Si](C)(C)c3ccccc3)CCC[C@H]21. The van der Waals surface area contributed by atoms with Gasteiger partial charge in [0.25, 0.3) is 0 Å². The maximum atomic E-state index is 13.0. The van der Waals surface area contributed by atoms with Crippen LogP contribution in [-0.2, 0) is 19.0 Å². The fraction of sp³-hybridized carbons (Fsp3) is 0.571. The van der Waals surface area contributed by atoms with E-state index in [0.717, 1.165) is 12.5 Å². The van der Waals surface area contributed by atoms with Gasteiger partial charge in [0.15, 0.2) is 0 Å². The third-order valence-electron chi connectivity index (χ3n) is 6.44. The van der Waals surface area contributed by atoms with Gasteiger partial charge < -0.3 is 13.8 Å². The number of benzene rings is 1. The second-order valence-electron chi connectivity index (χ2n) is 8.95. The van der Waals surface area contributed by atoms with Crippen LogP contribution in [0.15, 0.2) is 42.2 Å². The molecule has 1 saturated carbocycles. The van der Waals surface area contributed by atoms with Gasteiger partial charge in [-0.05, 0) is 30.9 Å². The molecule has 0 bridgehead atoms. The molecule has 0 spiro atoms. The summed E-state index contributed by atoms with van der Waals surface area (Å²) < 4.78 is 72.3. The topological polar surface area (TPSA) is 72.9 Å². The fourth-order valence-electron chi connectivity index (χ4n) is 4.98. The smallest absolute Gasteiger partial charge is 0.453 e. The van der Waals surface area contributed by atoms with Gasteiger partial charge in [-0.15, -0.1) is 0 Å². The van der Waals surface area contributed by atoms with Gasteiger partial charge in [-0.2, -0.15) is 21.6 Å². The Bertz CT molecular complexity index is 965. The van der Waals surface area contributed by atoms with Gasteiger partial charge in [-0.3, -0.25) is 0 Å². The van der Waals surface area contributed by atoms with Crippen molar-refractivity contribution in [1.82, 2.24) is 4.90 Å². The third kappa shape index (κ3) is 4.98. The predicted octanol–water partition coefficient (Wildman–Crippen LogP) is 4.22. The van der Waals surface area contributed by atoms with Crippen LogP contribution >= 0.6 is 0 Å². The molecule has 178 valence electrons. The van der Waals surface area contributed by atoms with Crippen LogP contribution in [0.5, 0.6) is 0 Å². The Kier molecular flexibility index (Phi) is 6.99. The number of ether oxygens (including phenoxy) is 1. The Morgan fingerprint density at radius 1 is 1.19 bits per heavy atom. The number of fused-ring (bicyclic) bond motifs is 1. The van der Waals surface area contributed by atoms with Gasteiger partial charge in [0, 0.05) is 18.5 Å². The normalized spacial score (nSPS) is 24.4. The summed E-state index contributed by atoms with van der Waals surface area (Å²) in [6.07, 6.45) is 2.71. The minimum atomic E-state index is -5.80. The van der Waals surface area contributed by atoms with Crippen LogP contribution < -0.4 is 5.19 Å². The molecule has 1 aliphatic heterocycles. The molecule has 0 saturated heterocycles. The van der Waals surface area contributed by atoms with Gasteiger partial charge in [-0.25, -0.2) is 4.79 Å². The zero-order valence-electron chi connectivity index (χ0n) is 18.3. The highest BCUT2D eigenvalue weighted by Gasteiger charge is 2.52. The number of amides is 1. The molecule has 11 heteroatoms. The Hall–Kier alpha value is -2.01. The molecule has 6 nitrogen and oxygen atoms in total. The second kappa shape index (κ2) is 9.09. The lowest BCUT2D eigenvalue weighted by atomic mass is 9.73. The Morgan fingerprint density at radius 3 is 2.44 bits per heavy atom. The van der Waals surface area contributed by atoms with Crippen molar-refractivity contribution >= 4 is 29.5 Å². The summed E-state index contributed by atoms with van der Waals surface area (Å²) in [7, 11) is -6.57. The Morgan fingerprint density at radius 2 is 1.84 bits per heavy atom. The van der Waals surface area contributed by atoms with Gasteiger partial charge in [0.05, 0.1) is 15.2 Å². The van der Waals surface area contributed by atoms with Crippen LogP contribution in [0.4, 0.5) is 18.0 Å². The zero-order chi connectivity index (χ0) is 23.7. The van der Waals surface area contributed by atoms with Crippen LogP contribution in [0.25, 0.3) is 0 Å². The fourth-order valence-corrected chi connectivity index (χ4v) is 8.60. The van der Waals surface area contributed by atoms with Crippen molar-refractivity contribution in [2.45, 2.75) is 50.0 Å². The first-order chi connectivity index (χ1) is 14.9. The molecule has 1 heterocycles. The van der Waals surface area contributed by atoms with Crippen molar-refractivity contribution in [3.05, 3.63) is 42.2 Å². The van der Waals surface area contributed by atoms with E-state index in [-0.39, 0.29) is 18.2 Å². The maximum Gasteiger partial charge on any atom is 0.534 e. The van der Waals surface area contributed by atoms with E-state index in [9.17, 15) is 26.4 Å². The lowest BCUT2D eigenvalue weighted by molar-refractivity contribution is -0.0541. The lowest BCUT2D eigenvalue weighted by Crippen LogP contribution is -2.54. The van der Waals surface area contributed by atoms with Crippen LogP contribution in [0.1, 0.15) is 19.3 Å². The van der Waals surface area contributed by atoms with E-state index in [2.05, 4.69) is 29.4 Å². The Balaban J connectivity index is 1.97. The van der Waals surface area contributed by atoms with E-state index in [1.165, 1.54) is 23.3 Å². The summed E-state index contributed by atoms with van der Waals surface area (Å²) in [5, 5.41) is 1.21. The van der Waals surface area contributed by atoms with Gasteiger partial charge in [-0.1, -0.05) is 55.0 Å². The van der Waals surface area contributed by atoms with Crippen LogP contribution in [-0.4, -0.2) is 52.7 Å². The molecule has 0 N–H and O–H groups in total. The number of carbonyl (C=O) groups excluding carboxylic acids is 1. The van der Waals surface area contributed by atoms with Crippen molar-refractivity contribution in [2.24, 2.45) is 11.8 Å². The number of hydrogen-bond donors (Lipinski definition) is 0. The average molecular weight is 492 g/mol. The maximum absolute atomic E-state index is 13.0. The molecule has 1 aromatic rings. The monoisotopic (exact) mass is 491 g/mol. The predicted molar refractivity (Wildman–Crippen MR) is 116 cm³/mol.